The standard InChI is InChI=1S/C27H42O2/c1-17-9-10-25-16-26(25)13-12-24(6)23(5,20(26)8-7-19(25)22(17,3)4)11-14-27(24)18(2)15-21(28)29-27/h17-20H,7-16H2,1-6H3/t17-,18-,19+,20+,23+,24+,25-,26+,27+/m1/s1. The molecule has 2 heteroatoms. The van der Waals surface area contributed by atoms with Gasteiger partial charge in [0.1, 0.15) is 5.60 Å². The molecule has 1 saturated heterocycles. The van der Waals surface area contributed by atoms with E-state index < -0.39 is 0 Å². The topological polar surface area (TPSA) is 26.3 Å². The van der Waals surface area contributed by atoms with E-state index >= 15 is 0 Å². The summed E-state index contributed by atoms with van der Waals surface area (Å²) in [4.78, 5) is 12.4. The largest absolute Gasteiger partial charge is 0.458 e. The maximum atomic E-state index is 12.4. The first-order valence-electron chi connectivity index (χ1n) is 12.7. The van der Waals surface area contributed by atoms with E-state index in [1.165, 1.54) is 51.4 Å². The number of rotatable bonds is 0. The van der Waals surface area contributed by atoms with Crippen LogP contribution in [0.1, 0.15) is 106 Å². The zero-order valence-electron chi connectivity index (χ0n) is 19.7. The van der Waals surface area contributed by atoms with Gasteiger partial charge in [0.05, 0.1) is 6.42 Å². The minimum absolute atomic E-state index is 0.0675. The van der Waals surface area contributed by atoms with Gasteiger partial charge in [0, 0.05) is 11.3 Å². The summed E-state index contributed by atoms with van der Waals surface area (Å²) in [6, 6.07) is 0. The van der Waals surface area contributed by atoms with Gasteiger partial charge in [-0.15, -0.1) is 0 Å². The molecule has 0 aromatic heterocycles. The molecule has 0 aromatic rings. The van der Waals surface area contributed by atoms with E-state index in [4.69, 9.17) is 4.74 Å². The van der Waals surface area contributed by atoms with E-state index in [1.807, 2.05) is 0 Å². The minimum atomic E-state index is -0.181. The molecular formula is C27H42O2. The highest BCUT2D eigenvalue weighted by Crippen LogP contribution is 2.89. The molecule has 6 fully saturated rings. The van der Waals surface area contributed by atoms with E-state index in [-0.39, 0.29) is 17.0 Å². The molecule has 0 aromatic carbocycles. The van der Waals surface area contributed by atoms with Crippen molar-refractivity contribution in [3.05, 3.63) is 0 Å². The third kappa shape index (κ3) is 1.77. The fraction of sp³-hybridized carbons (Fsp3) is 0.963. The fourth-order valence-electron chi connectivity index (χ4n) is 11.3. The second kappa shape index (κ2) is 5.09. The molecule has 0 bridgehead atoms. The molecule has 0 N–H and O–H groups in total. The van der Waals surface area contributed by atoms with Crippen LogP contribution in [0.2, 0.25) is 0 Å². The lowest BCUT2D eigenvalue weighted by Crippen LogP contribution is -2.60. The number of ether oxygens (including phenoxy) is 1. The lowest BCUT2D eigenvalue weighted by atomic mass is 9.41. The van der Waals surface area contributed by atoms with Crippen LogP contribution in [0.5, 0.6) is 0 Å². The Morgan fingerprint density at radius 2 is 1.48 bits per heavy atom. The second-order valence-corrected chi connectivity index (χ2v) is 13.7. The van der Waals surface area contributed by atoms with E-state index in [0.29, 0.717) is 34.0 Å². The van der Waals surface area contributed by atoms with Crippen LogP contribution in [0, 0.1) is 50.7 Å². The quantitative estimate of drug-likeness (QED) is 0.421. The first-order valence-corrected chi connectivity index (χ1v) is 12.7. The van der Waals surface area contributed by atoms with Crippen molar-refractivity contribution in [1.29, 1.82) is 0 Å². The molecule has 162 valence electrons. The summed E-state index contributed by atoms with van der Waals surface area (Å²) in [5.74, 6) is 3.10. The Kier molecular flexibility index (Phi) is 3.37. The van der Waals surface area contributed by atoms with Crippen LogP contribution in [0.25, 0.3) is 0 Å². The molecular weight excluding hydrogens is 356 g/mol. The monoisotopic (exact) mass is 398 g/mol. The molecule has 5 saturated carbocycles. The SMILES string of the molecule is C[C@@H]1CC[C@]23C[C@]24CC[C@@]2(C)[C@@](C)(CC[C@@]25OC(=O)C[C@H]5C)[C@@H]4CC[C@H]3C1(C)C. The lowest BCUT2D eigenvalue weighted by molar-refractivity contribution is -0.199. The highest BCUT2D eigenvalue weighted by atomic mass is 16.6. The van der Waals surface area contributed by atoms with Gasteiger partial charge in [-0.05, 0) is 97.2 Å². The molecule has 29 heavy (non-hydrogen) atoms. The maximum absolute atomic E-state index is 12.4. The van der Waals surface area contributed by atoms with Crippen LogP contribution in [0.3, 0.4) is 0 Å². The summed E-state index contributed by atoms with van der Waals surface area (Å²) in [5, 5.41) is 0. The normalized spacial score (nSPS) is 62.1. The van der Waals surface area contributed by atoms with Gasteiger partial charge in [-0.1, -0.05) is 41.5 Å². The Hall–Kier alpha value is -0.530. The third-order valence-electron chi connectivity index (χ3n) is 13.4. The number of fused-ring (bicyclic) bond motifs is 3. The van der Waals surface area contributed by atoms with Crippen LogP contribution < -0.4 is 0 Å². The molecule has 0 amide bonds. The van der Waals surface area contributed by atoms with Crippen molar-refractivity contribution in [2.45, 2.75) is 111 Å². The zero-order valence-corrected chi connectivity index (χ0v) is 19.7. The fourth-order valence-corrected chi connectivity index (χ4v) is 11.3. The van der Waals surface area contributed by atoms with E-state index in [1.54, 1.807) is 0 Å². The number of carbonyl (C=O) groups is 1. The summed E-state index contributed by atoms with van der Waals surface area (Å²) >= 11 is 0. The predicted octanol–water partition coefficient (Wildman–Crippen LogP) is 6.77. The van der Waals surface area contributed by atoms with Crippen LogP contribution in [0.15, 0.2) is 0 Å². The third-order valence-corrected chi connectivity index (χ3v) is 13.4. The van der Waals surface area contributed by atoms with Crippen molar-refractivity contribution in [1.82, 2.24) is 0 Å². The molecule has 1 heterocycles. The Labute approximate surface area is 177 Å². The molecule has 2 nitrogen and oxygen atoms in total. The van der Waals surface area contributed by atoms with Crippen LogP contribution in [-0.4, -0.2) is 11.6 Å². The number of hydrogen-bond donors (Lipinski definition) is 0. The van der Waals surface area contributed by atoms with Crippen molar-refractivity contribution in [2.24, 2.45) is 50.7 Å². The molecule has 0 unspecified atom stereocenters. The van der Waals surface area contributed by atoms with Crippen molar-refractivity contribution in [2.75, 3.05) is 0 Å². The first kappa shape index (κ1) is 19.2. The Morgan fingerprint density at radius 3 is 2.17 bits per heavy atom. The van der Waals surface area contributed by atoms with Gasteiger partial charge in [-0.25, -0.2) is 0 Å². The number of esters is 1. The molecule has 6 aliphatic rings. The van der Waals surface area contributed by atoms with Gasteiger partial charge >= 0.3 is 5.97 Å². The summed E-state index contributed by atoms with van der Waals surface area (Å²) in [7, 11) is 0. The Balaban J connectivity index is 1.41. The molecule has 9 atom stereocenters. The molecule has 6 rings (SSSR count). The highest BCUT2D eigenvalue weighted by Gasteiger charge is 2.84. The molecule has 5 aliphatic carbocycles. The molecule has 1 aliphatic heterocycles. The zero-order chi connectivity index (χ0) is 20.7. The summed E-state index contributed by atoms with van der Waals surface area (Å²) < 4.78 is 6.30. The Bertz CT molecular complexity index is 785. The van der Waals surface area contributed by atoms with Gasteiger partial charge in [-0.3, -0.25) is 4.79 Å². The van der Waals surface area contributed by atoms with Crippen LogP contribution in [0.4, 0.5) is 0 Å². The molecule has 3 spiro atoms. The van der Waals surface area contributed by atoms with Crippen molar-refractivity contribution in [3.8, 4) is 0 Å². The van der Waals surface area contributed by atoms with Crippen molar-refractivity contribution < 1.29 is 9.53 Å². The van der Waals surface area contributed by atoms with Gasteiger partial charge in [-0.2, -0.15) is 0 Å². The van der Waals surface area contributed by atoms with E-state index in [0.717, 1.165) is 24.2 Å². The Morgan fingerprint density at radius 1 is 0.793 bits per heavy atom. The average Bonchev–Trinajstić information content (AvgIpc) is 3.14. The van der Waals surface area contributed by atoms with Gasteiger partial charge in [0.25, 0.3) is 0 Å². The predicted molar refractivity (Wildman–Crippen MR) is 115 cm³/mol. The summed E-state index contributed by atoms with van der Waals surface area (Å²) in [6.07, 6.45) is 13.0. The second-order valence-electron chi connectivity index (χ2n) is 13.7. The minimum Gasteiger partial charge on any atom is -0.458 e. The highest BCUT2D eigenvalue weighted by molar-refractivity contribution is 5.73. The van der Waals surface area contributed by atoms with E-state index in [2.05, 4.69) is 41.5 Å². The molecule has 0 radical (unpaired) electrons. The number of hydrogen-bond acceptors (Lipinski definition) is 2. The number of carbonyl (C=O) groups excluding carboxylic acids is 1. The summed E-state index contributed by atoms with van der Waals surface area (Å²) in [5.41, 5.74) is 2.07. The van der Waals surface area contributed by atoms with E-state index in [9.17, 15) is 4.79 Å². The van der Waals surface area contributed by atoms with Crippen LogP contribution >= 0.6 is 0 Å². The van der Waals surface area contributed by atoms with Crippen LogP contribution in [-0.2, 0) is 9.53 Å². The smallest absolute Gasteiger partial charge is 0.306 e. The van der Waals surface area contributed by atoms with Gasteiger partial charge in [0.2, 0.25) is 0 Å². The van der Waals surface area contributed by atoms with Crippen molar-refractivity contribution in [3.63, 3.8) is 0 Å². The first-order chi connectivity index (χ1) is 13.5. The van der Waals surface area contributed by atoms with Gasteiger partial charge < -0.3 is 4.74 Å². The van der Waals surface area contributed by atoms with Gasteiger partial charge in [0.15, 0.2) is 0 Å². The maximum Gasteiger partial charge on any atom is 0.306 e. The lowest BCUT2D eigenvalue weighted by Gasteiger charge is -2.64. The van der Waals surface area contributed by atoms with Crippen molar-refractivity contribution >= 4 is 5.97 Å². The average molecular weight is 399 g/mol. The summed E-state index contributed by atoms with van der Waals surface area (Å²) in [6.45, 7) is 15.2.